The molecule has 0 atom stereocenters. The van der Waals surface area contributed by atoms with Crippen LogP contribution in [0.4, 0.5) is 0 Å². The van der Waals surface area contributed by atoms with Crippen LogP contribution in [-0.2, 0) is 16.6 Å². The topological polar surface area (TPSA) is 96.6 Å². The second kappa shape index (κ2) is 12.6. The number of nitrogens with two attached hydrogens (primary N) is 1. The molecule has 0 heterocycles. The molecular formula is C24H29IN4O2S. The van der Waals surface area contributed by atoms with Gasteiger partial charge >= 0.3 is 0 Å². The van der Waals surface area contributed by atoms with E-state index in [-0.39, 0.29) is 34.8 Å². The van der Waals surface area contributed by atoms with Crippen LogP contribution in [0, 0.1) is 0 Å². The molecule has 4 N–H and O–H groups in total. The van der Waals surface area contributed by atoms with Gasteiger partial charge in [-0.2, -0.15) is 0 Å². The van der Waals surface area contributed by atoms with Gasteiger partial charge in [-0.3, -0.25) is 0 Å². The molecule has 32 heavy (non-hydrogen) atoms. The Hall–Kier alpha value is -2.43. The minimum absolute atomic E-state index is 0. The van der Waals surface area contributed by atoms with Crippen molar-refractivity contribution < 1.29 is 8.42 Å². The lowest BCUT2D eigenvalue weighted by atomic mass is 9.91. The molecule has 3 aromatic carbocycles. The van der Waals surface area contributed by atoms with Crippen LogP contribution in [0.3, 0.4) is 0 Å². The number of nitrogens with one attached hydrogen (secondary N) is 2. The van der Waals surface area contributed by atoms with E-state index >= 15 is 0 Å². The average molecular weight is 564 g/mol. The summed E-state index contributed by atoms with van der Waals surface area (Å²) >= 11 is 0. The molecule has 0 bridgehead atoms. The van der Waals surface area contributed by atoms with Gasteiger partial charge in [-0.1, -0.05) is 72.8 Å². The molecule has 3 aromatic rings. The molecular weight excluding hydrogens is 535 g/mol. The Morgan fingerprint density at radius 2 is 1.50 bits per heavy atom. The van der Waals surface area contributed by atoms with E-state index in [0.717, 1.165) is 5.56 Å². The number of halogens is 1. The van der Waals surface area contributed by atoms with E-state index in [2.05, 4.69) is 39.9 Å². The number of hydrogen-bond donors (Lipinski definition) is 3. The quantitative estimate of drug-likeness (QED) is 0.220. The Balaban J connectivity index is 0.00000363. The van der Waals surface area contributed by atoms with Crippen molar-refractivity contribution in [2.24, 2.45) is 10.1 Å². The highest BCUT2D eigenvalue weighted by Gasteiger charge is 2.14. The fourth-order valence-corrected chi connectivity index (χ4v) is 3.91. The van der Waals surface area contributed by atoms with Gasteiger partial charge in [-0.25, -0.2) is 18.5 Å². The predicted octanol–water partition coefficient (Wildman–Crippen LogP) is 3.84. The monoisotopic (exact) mass is 564 g/mol. The van der Waals surface area contributed by atoms with Crippen LogP contribution in [0.1, 0.15) is 29.5 Å². The molecule has 0 aromatic heterocycles. The van der Waals surface area contributed by atoms with Crippen molar-refractivity contribution >= 4 is 40.0 Å². The van der Waals surface area contributed by atoms with Crippen LogP contribution in [0.5, 0.6) is 0 Å². The first kappa shape index (κ1) is 25.8. The highest BCUT2D eigenvalue weighted by Crippen LogP contribution is 2.23. The van der Waals surface area contributed by atoms with Gasteiger partial charge in [-0.15, -0.1) is 24.0 Å². The van der Waals surface area contributed by atoms with Gasteiger partial charge in [0, 0.05) is 19.0 Å². The molecule has 0 radical (unpaired) electrons. The summed E-state index contributed by atoms with van der Waals surface area (Å²) in [5.41, 5.74) is 3.21. The molecule has 3 rings (SSSR count). The maximum atomic E-state index is 11.6. The summed E-state index contributed by atoms with van der Waals surface area (Å²) in [6.45, 7) is 3.71. The Labute approximate surface area is 207 Å². The number of aliphatic imine (C=N–C) groups is 1. The van der Waals surface area contributed by atoms with E-state index < -0.39 is 10.0 Å². The number of rotatable bonds is 8. The molecule has 0 fully saturated rings. The minimum atomic E-state index is -3.74. The summed E-state index contributed by atoms with van der Waals surface area (Å²) in [5, 5.41) is 11.9. The summed E-state index contributed by atoms with van der Waals surface area (Å²) in [6, 6.07) is 27.3. The van der Waals surface area contributed by atoms with Crippen molar-refractivity contribution in [2.75, 3.05) is 13.1 Å². The molecule has 8 heteroatoms. The van der Waals surface area contributed by atoms with Gasteiger partial charge in [-0.05, 0) is 35.7 Å². The molecule has 0 aliphatic heterocycles. The zero-order valence-electron chi connectivity index (χ0n) is 17.9. The largest absolute Gasteiger partial charge is 0.357 e. The zero-order valence-corrected chi connectivity index (χ0v) is 21.1. The minimum Gasteiger partial charge on any atom is -0.357 e. The zero-order chi connectivity index (χ0) is 22.1. The van der Waals surface area contributed by atoms with Gasteiger partial charge in [0.1, 0.15) is 0 Å². The van der Waals surface area contributed by atoms with Gasteiger partial charge in [0.25, 0.3) is 0 Å². The van der Waals surface area contributed by atoms with Crippen molar-refractivity contribution in [3.63, 3.8) is 0 Å². The van der Waals surface area contributed by atoms with Crippen LogP contribution < -0.4 is 15.8 Å². The van der Waals surface area contributed by atoms with Gasteiger partial charge in [0.05, 0.1) is 11.4 Å². The summed E-state index contributed by atoms with van der Waals surface area (Å²) in [4.78, 5) is 4.71. The summed E-state index contributed by atoms with van der Waals surface area (Å²) in [6.07, 6.45) is 0. The molecule has 0 spiro atoms. The number of primary sulfonamides is 1. The molecule has 0 saturated heterocycles. The van der Waals surface area contributed by atoms with Crippen LogP contribution in [0.25, 0.3) is 0 Å². The first-order valence-electron chi connectivity index (χ1n) is 10.2. The number of nitrogens with zero attached hydrogens (tertiary/aromatic N) is 1. The number of benzene rings is 3. The fourth-order valence-electron chi connectivity index (χ4n) is 3.33. The number of guanidine groups is 1. The van der Waals surface area contributed by atoms with E-state index in [1.54, 1.807) is 12.1 Å². The van der Waals surface area contributed by atoms with Gasteiger partial charge in [0.2, 0.25) is 10.0 Å². The first-order chi connectivity index (χ1) is 15.0. The highest BCUT2D eigenvalue weighted by molar-refractivity contribution is 14.0. The maximum Gasteiger partial charge on any atom is 0.238 e. The second-order valence-corrected chi connectivity index (χ2v) is 8.70. The molecule has 0 amide bonds. The van der Waals surface area contributed by atoms with E-state index in [9.17, 15) is 8.42 Å². The average Bonchev–Trinajstić information content (AvgIpc) is 2.78. The van der Waals surface area contributed by atoms with E-state index in [0.29, 0.717) is 25.6 Å². The van der Waals surface area contributed by atoms with E-state index in [4.69, 9.17) is 5.14 Å². The van der Waals surface area contributed by atoms with Gasteiger partial charge < -0.3 is 10.6 Å². The van der Waals surface area contributed by atoms with Crippen LogP contribution in [0.2, 0.25) is 0 Å². The summed E-state index contributed by atoms with van der Waals surface area (Å²) in [5.74, 6) is 0.831. The standard InChI is InChI=1S/C24H28N4O2S.HI/c1-2-26-24(27-17-19-10-9-15-22(16-19)31(25,29)30)28-18-23(20-11-5-3-6-12-20)21-13-7-4-8-14-21;/h3-16,23H,2,17-18H2,1H3,(H2,25,29,30)(H2,26,27,28);1H. The third kappa shape index (κ3) is 7.61. The van der Waals surface area contributed by atoms with Crippen molar-refractivity contribution in [3.8, 4) is 0 Å². The Bertz CT molecular complexity index is 1070. The smallest absolute Gasteiger partial charge is 0.238 e. The molecule has 0 saturated carbocycles. The van der Waals surface area contributed by atoms with Crippen molar-refractivity contribution in [2.45, 2.75) is 24.3 Å². The third-order valence-corrected chi connectivity index (χ3v) is 5.78. The Morgan fingerprint density at radius 1 is 0.906 bits per heavy atom. The van der Waals surface area contributed by atoms with E-state index in [1.165, 1.54) is 17.2 Å². The third-order valence-electron chi connectivity index (χ3n) is 4.87. The normalized spacial score (nSPS) is 11.7. The van der Waals surface area contributed by atoms with Crippen LogP contribution in [0.15, 0.2) is 94.8 Å². The summed E-state index contributed by atoms with van der Waals surface area (Å²) < 4.78 is 23.2. The molecule has 170 valence electrons. The fraction of sp³-hybridized carbons (Fsp3) is 0.208. The van der Waals surface area contributed by atoms with Gasteiger partial charge in [0.15, 0.2) is 5.96 Å². The van der Waals surface area contributed by atoms with Crippen molar-refractivity contribution in [1.29, 1.82) is 0 Å². The lowest BCUT2D eigenvalue weighted by molar-refractivity contribution is 0.597. The van der Waals surface area contributed by atoms with Crippen molar-refractivity contribution in [3.05, 3.63) is 102 Å². The Kier molecular flexibility index (Phi) is 10.1. The first-order valence-corrected chi connectivity index (χ1v) is 11.8. The highest BCUT2D eigenvalue weighted by atomic mass is 127. The molecule has 0 aliphatic rings. The maximum absolute atomic E-state index is 11.6. The Morgan fingerprint density at radius 3 is 2.03 bits per heavy atom. The summed E-state index contributed by atoms with van der Waals surface area (Å²) in [7, 11) is -3.74. The van der Waals surface area contributed by atoms with Crippen LogP contribution in [-0.4, -0.2) is 27.5 Å². The second-order valence-electron chi connectivity index (χ2n) is 7.14. The number of sulfonamides is 1. The predicted molar refractivity (Wildman–Crippen MR) is 141 cm³/mol. The lowest BCUT2D eigenvalue weighted by Crippen LogP contribution is -2.39. The molecule has 6 nitrogen and oxygen atoms in total. The SMILES string of the molecule is CCNC(=NCc1cccc(S(N)(=O)=O)c1)NCC(c1ccccc1)c1ccccc1.I. The van der Waals surface area contributed by atoms with Crippen molar-refractivity contribution in [1.82, 2.24) is 10.6 Å². The van der Waals surface area contributed by atoms with Crippen LogP contribution >= 0.6 is 24.0 Å². The lowest BCUT2D eigenvalue weighted by Gasteiger charge is -2.20. The van der Waals surface area contributed by atoms with E-state index in [1.807, 2.05) is 49.4 Å². The molecule has 0 aliphatic carbocycles. The molecule has 0 unspecified atom stereocenters. The number of hydrogen-bond acceptors (Lipinski definition) is 3.